The Balaban J connectivity index is 1.41. The van der Waals surface area contributed by atoms with Crippen LogP contribution in [-0.2, 0) is 0 Å². The SMILES string of the molecule is CN1[C]N(CCN(CCN2[C]N(C)CC2)CCN2[C]N(C)CC2)CC1. The molecule has 3 aliphatic heterocycles. The van der Waals surface area contributed by atoms with E-state index < -0.39 is 0 Å². The Bertz CT molecular complexity index is 337. The topological polar surface area (TPSA) is 22.7 Å². The molecule has 3 saturated heterocycles. The monoisotopic (exact) mass is 347 g/mol. The summed E-state index contributed by atoms with van der Waals surface area (Å²) < 4.78 is 0. The fraction of sp³-hybridized carbons (Fsp3) is 0.833. The van der Waals surface area contributed by atoms with Gasteiger partial charge in [0, 0.05) is 78.5 Å². The lowest BCUT2D eigenvalue weighted by molar-refractivity contribution is 0.190. The fourth-order valence-corrected chi connectivity index (χ4v) is 3.44. The van der Waals surface area contributed by atoms with Gasteiger partial charge < -0.3 is 0 Å². The second kappa shape index (κ2) is 9.60. The molecule has 3 aliphatic rings. The van der Waals surface area contributed by atoms with Gasteiger partial charge in [0.15, 0.2) is 0 Å². The van der Waals surface area contributed by atoms with Crippen LogP contribution >= 0.6 is 0 Å². The molecule has 0 spiro atoms. The van der Waals surface area contributed by atoms with Crippen LogP contribution in [0.15, 0.2) is 0 Å². The van der Waals surface area contributed by atoms with Crippen molar-refractivity contribution in [2.75, 3.05) is 99.7 Å². The first kappa shape index (κ1) is 19.5. The number of nitrogens with zero attached hydrogens (tertiary/aromatic N) is 7. The summed E-state index contributed by atoms with van der Waals surface area (Å²) in [5.41, 5.74) is 0. The molecule has 0 saturated carbocycles. The van der Waals surface area contributed by atoms with E-state index in [2.05, 4.69) is 75.4 Å². The quantitative estimate of drug-likeness (QED) is 0.528. The molecule has 140 valence electrons. The Morgan fingerprint density at radius 2 is 0.880 bits per heavy atom. The predicted octanol–water partition coefficient (Wildman–Crippen LogP) is -0.981. The highest BCUT2D eigenvalue weighted by molar-refractivity contribution is 4.82. The van der Waals surface area contributed by atoms with Gasteiger partial charge >= 0.3 is 0 Å². The highest BCUT2D eigenvalue weighted by atomic mass is 15.4. The van der Waals surface area contributed by atoms with E-state index in [0.29, 0.717) is 0 Å². The van der Waals surface area contributed by atoms with Gasteiger partial charge in [-0.25, -0.2) is 0 Å². The van der Waals surface area contributed by atoms with Crippen LogP contribution in [0, 0.1) is 20.0 Å². The van der Waals surface area contributed by atoms with Crippen LogP contribution < -0.4 is 0 Å². The molecular weight excluding hydrogens is 314 g/mol. The van der Waals surface area contributed by atoms with Gasteiger partial charge in [0.25, 0.3) is 0 Å². The summed E-state index contributed by atoms with van der Waals surface area (Å²) in [4.78, 5) is 16.0. The van der Waals surface area contributed by atoms with Crippen molar-refractivity contribution in [2.45, 2.75) is 0 Å². The van der Waals surface area contributed by atoms with Crippen molar-refractivity contribution in [3.05, 3.63) is 20.0 Å². The zero-order chi connectivity index (χ0) is 17.6. The van der Waals surface area contributed by atoms with E-state index in [1.165, 1.54) is 0 Å². The Kier molecular flexibility index (Phi) is 7.48. The molecule has 0 aromatic carbocycles. The van der Waals surface area contributed by atoms with E-state index in [9.17, 15) is 0 Å². The molecule has 3 heterocycles. The number of hydrogen-bond donors (Lipinski definition) is 0. The normalized spacial score (nSPS) is 25.9. The maximum absolute atomic E-state index is 3.40. The Labute approximate surface area is 154 Å². The molecule has 3 fully saturated rings. The van der Waals surface area contributed by atoms with Crippen molar-refractivity contribution >= 4 is 0 Å². The first-order valence-electron chi connectivity index (χ1n) is 9.48. The molecule has 6 radical (unpaired) electrons. The molecule has 0 amide bonds. The highest BCUT2D eigenvalue weighted by Gasteiger charge is 2.22. The van der Waals surface area contributed by atoms with Crippen molar-refractivity contribution in [3.8, 4) is 0 Å². The van der Waals surface area contributed by atoms with E-state index in [4.69, 9.17) is 0 Å². The van der Waals surface area contributed by atoms with E-state index >= 15 is 0 Å². The second-order valence-electron chi connectivity index (χ2n) is 7.37. The summed E-state index contributed by atoms with van der Waals surface area (Å²) in [6, 6.07) is 0. The Hall–Kier alpha value is -0.280. The molecule has 0 bridgehead atoms. The summed E-state index contributed by atoms with van der Waals surface area (Å²) in [5, 5.41) is 0. The lowest BCUT2D eigenvalue weighted by Gasteiger charge is -2.28. The summed E-state index contributed by atoms with van der Waals surface area (Å²) in [5.74, 6) is 0. The van der Waals surface area contributed by atoms with Crippen LogP contribution in [0.25, 0.3) is 0 Å². The zero-order valence-electron chi connectivity index (χ0n) is 16.1. The first-order valence-corrected chi connectivity index (χ1v) is 9.48. The van der Waals surface area contributed by atoms with Gasteiger partial charge in [-0.2, -0.15) is 0 Å². The third-order valence-corrected chi connectivity index (χ3v) is 5.11. The molecule has 0 aliphatic carbocycles. The van der Waals surface area contributed by atoms with Crippen molar-refractivity contribution in [2.24, 2.45) is 0 Å². The van der Waals surface area contributed by atoms with Crippen molar-refractivity contribution in [3.63, 3.8) is 0 Å². The van der Waals surface area contributed by atoms with Crippen LogP contribution in [0.5, 0.6) is 0 Å². The summed E-state index contributed by atoms with van der Waals surface area (Å²) in [6.45, 7) is 23.2. The average molecular weight is 348 g/mol. The van der Waals surface area contributed by atoms with Gasteiger partial charge in [-0.05, 0) is 21.1 Å². The van der Waals surface area contributed by atoms with Gasteiger partial charge in [0.1, 0.15) is 20.0 Å². The standard InChI is InChI=1S/C18H33N7/c1-19-4-7-23(16-19)13-10-22(11-14-24-8-5-20(2)17-24)12-15-25-9-6-21(3)18-25/h4-15H2,1-3H3. The fourth-order valence-electron chi connectivity index (χ4n) is 3.44. The molecule has 0 aromatic heterocycles. The molecule has 0 unspecified atom stereocenters. The maximum atomic E-state index is 3.40. The van der Waals surface area contributed by atoms with Crippen molar-refractivity contribution < 1.29 is 0 Å². The smallest absolute Gasteiger partial charge is 0.146 e. The maximum Gasteiger partial charge on any atom is 0.146 e. The lowest BCUT2D eigenvalue weighted by atomic mass is 10.4. The van der Waals surface area contributed by atoms with Crippen molar-refractivity contribution in [1.29, 1.82) is 0 Å². The number of likely N-dealkylation sites (N-methyl/N-ethyl adjacent to an activating group) is 3. The molecule has 7 nitrogen and oxygen atoms in total. The zero-order valence-corrected chi connectivity index (χ0v) is 16.1. The van der Waals surface area contributed by atoms with Gasteiger partial charge in [-0.1, -0.05) is 0 Å². The minimum atomic E-state index is 1.06. The molecule has 3 rings (SSSR count). The molecule has 0 aromatic rings. The minimum Gasteiger partial charge on any atom is -0.300 e. The predicted molar refractivity (Wildman–Crippen MR) is 98.8 cm³/mol. The largest absolute Gasteiger partial charge is 0.300 e. The molecule has 7 heteroatoms. The van der Waals surface area contributed by atoms with Crippen LogP contribution in [0.2, 0.25) is 0 Å². The number of hydrogen-bond acceptors (Lipinski definition) is 7. The average Bonchev–Trinajstić information content (AvgIpc) is 3.29. The van der Waals surface area contributed by atoms with E-state index in [1.807, 2.05) is 0 Å². The first-order chi connectivity index (χ1) is 12.1. The second-order valence-corrected chi connectivity index (χ2v) is 7.37. The van der Waals surface area contributed by atoms with Crippen molar-refractivity contribution in [1.82, 2.24) is 34.3 Å². The summed E-state index contributed by atoms with van der Waals surface area (Å²) in [6.07, 6.45) is 0. The highest BCUT2D eigenvalue weighted by Crippen LogP contribution is 2.10. The van der Waals surface area contributed by atoms with E-state index in [-0.39, 0.29) is 0 Å². The third kappa shape index (κ3) is 6.43. The van der Waals surface area contributed by atoms with Gasteiger partial charge in [0.2, 0.25) is 0 Å². The lowest BCUT2D eigenvalue weighted by Crippen LogP contribution is -2.41. The molecular formula is C18H33N7. The van der Waals surface area contributed by atoms with Crippen LogP contribution in [0.4, 0.5) is 0 Å². The van der Waals surface area contributed by atoms with Gasteiger partial charge in [-0.15, -0.1) is 0 Å². The van der Waals surface area contributed by atoms with Crippen LogP contribution in [0.3, 0.4) is 0 Å². The number of rotatable bonds is 9. The van der Waals surface area contributed by atoms with E-state index in [1.54, 1.807) is 0 Å². The Morgan fingerprint density at radius 1 is 0.560 bits per heavy atom. The van der Waals surface area contributed by atoms with Crippen LogP contribution in [-0.4, -0.2) is 134 Å². The van der Waals surface area contributed by atoms with Gasteiger partial charge in [-0.3, -0.25) is 34.3 Å². The summed E-state index contributed by atoms with van der Waals surface area (Å²) in [7, 11) is 6.30. The molecule has 0 atom stereocenters. The van der Waals surface area contributed by atoms with E-state index in [0.717, 1.165) is 78.5 Å². The third-order valence-electron chi connectivity index (χ3n) is 5.11. The summed E-state index contributed by atoms with van der Waals surface area (Å²) >= 11 is 0. The van der Waals surface area contributed by atoms with Gasteiger partial charge in [0.05, 0.1) is 0 Å². The Morgan fingerprint density at radius 3 is 1.12 bits per heavy atom. The molecule has 0 N–H and O–H groups in total. The molecule has 25 heavy (non-hydrogen) atoms. The minimum absolute atomic E-state index is 1.06. The van der Waals surface area contributed by atoms with Crippen LogP contribution in [0.1, 0.15) is 0 Å².